The van der Waals surface area contributed by atoms with Crippen LogP contribution in [-0.2, 0) is 7.05 Å². The fourth-order valence-corrected chi connectivity index (χ4v) is 2.08. The van der Waals surface area contributed by atoms with Crippen LogP contribution in [0.4, 0.5) is 5.69 Å². The SMILES string of the molecule is CCC(Nc1cnn(C)c1)c1ccc(Br)cc1. The first-order valence-electron chi connectivity index (χ1n) is 5.69. The summed E-state index contributed by atoms with van der Waals surface area (Å²) >= 11 is 3.45. The van der Waals surface area contributed by atoms with E-state index in [9.17, 15) is 0 Å². The lowest BCUT2D eigenvalue weighted by Gasteiger charge is -2.17. The van der Waals surface area contributed by atoms with Crippen molar-refractivity contribution in [2.75, 3.05) is 5.32 Å². The van der Waals surface area contributed by atoms with Gasteiger partial charge >= 0.3 is 0 Å². The van der Waals surface area contributed by atoms with E-state index >= 15 is 0 Å². The van der Waals surface area contributed by atoms with Crippen molar-refractivity contribution in [3.05, 3.63) is 46.7 Å². The van der Waals surface area contributed by atoms with Crippen LogP contribution in [0.2, 0.25) is 0 Å². The minimum absolute atomic E-state index is 0.326. The third-order valence-corrected chi connectivity index (χ3v) is 3.26. The molecule has 2 rings (SSSR count). The lowest BCUT2D eigenvalue weighted by molar-refractivity contribution is 0.747. The van der Waals surface area contributed by atoms with Gasteiger partial charge in [-0.05, 0) is 24.1 Å². The molecule has 0 aliphatic carbocycles. The number of halogens is 1. The summed E-state index contributed by atoms with van der Waals surface area (Å²) in [5.74, 6) is 0. The number of hydrogen-bond donors (Lipinski definition) is 1. The van der Waals surface area contributed by atoms with E-state index in [-0.39, 0.29) is 0 Å². The number of hydrogen-bond acceptors (Lipinski definition) is 2. The van der Waals surface area contributed by atoms with E-state index in [0.717, 1.165) is 16.6 Å². The average molecular weight is 294 g/mol. The first-order chi connectivity index (χ1) is 8.19. The number of nitrogens with one attached hydrogen (secondary N) is 1. The molecule has 1 aromatic carbocycles. The van der Waals surface area contributed by atoms with Gasteiger partial charge in [0.2, 0.25) is 0 Å². The standard InChI is InChI=1S/C13H16BrN3/c1-3-13(10-4-6-11(14)7-5-10)16-12-8-15-17(2)9-12/h4-9,13,16H,3H2,1-2H3. The maximum atomic E-state index is 4.16. The molecule has 4 heteroatoms. The summed E-state index contributed by atoms with van der Waals surface area (Å²) in [6.45, 7) is 2.18. The van der Waals surface area contributed by atoms with Gasteiger partial charge in [0.05, 0.1) is 17.9 Å². The molecule has 17 heavy (non-hydrogen) atoms. The summed E-state index contributed by atoms with van der Waals surface area (Å²) in [7, 11) is 1.92. The molecule has 0 saturated heterocycles. The van der Waals surface area contributed by atoms with Gasteiger partial charge in [0.1, 0.15) is 0 Å². The first kappa shape index (κ1) is 12.2. The van der Waals surface area contributed by atoms with Crippen molar-refractivity contribution in [3.8, 4) is 0 Å². The Labute approximate surface area is 110 Å². The van der Waals surface area contributed by atoms with Gasteiger partial charge in [-0.2, -0.15) is 5.10 Å². The Kier molecular flexibility index (Phi) is 3.84. The van der Waals surface area contributed by atoms with E-state index < -0.39 is 0 Å². The predicted octanol–water partition coefficient (Wildman–Crippen LogP) is 3.75. The number of rotatable bonds is 4. The molecule has 0 aliphatic rings. The van der Waals surface area contributed by atoms with Crippen molar-refractivity contribution >= 4 is 21.6 Å². The van der Waals surface area contributed by atoms with Gasteiger partial charge in [-0.1, -0.05) is 35.0 Å². The summed E-state index contributed by atoms with van der Waals surface area (Å²) in [5.41, 5.74) is 2.35. The van der Waals surface area contributed by atoms with Crippen LogP contribution in [0.5, 0.6) is 0 Å². The number of aryl methyl sites for hydroxylation is 1. The van der Waals surface area contributed by atoms with E-state index in [1.807, 2.05) is 19.4 Å². The van der Waals surface area contributed by atoms with Crippen molar-refractivity contribution in [1.82, 2.24) is 9.78 Å². The Morgan fingerprint density at radius 2 is 2.06 bits per heavy atom. The van der Waals surface area contributed by atoms with E-state index in [1.54, 1.807) is 4.68 Å². The predicted molar refractivity (Wildman–Crippen MR) is 74.0 cm³/mol. The van der Waals surface area contributed by atoms with Gasteiger partial charge in [0.15, 0.2) is 0 Å². The summed E-state index contributed by atoms with van der Waals surface area (Å²) < 4.78 is 2.91. The molecule has 3 nitrogen and oxygen atoms in total. The van der Waals surface area contributed by atoms with E-state index in [4.69, 9.17) is 0 Å². The molecule has 0 fully saturated rings. The minimum atomic E-state index is 0.326. The molecule has 0 radical (unpaired) electrons. The van der Waals surface area contributed by atoms with Crippen LogP contribution in [0.25, 0.3) is 0 Å². The number of anilines is 1. The molecule has 1 N–H and O–H groups in total. The van der Waals surface area contributed by atoms with Crippen molar-refractivity contribution < 1.29 is 0 Å². The van der Waals surface area contributed by atoms with Gasteiger partial charge in [-0.15, -0.1) is 0 Å². The highest BCUT2D eigenvalue weighted by molar-refractivity contribution is 9.10. The molecule has 0 bridgehead atoms. The van der Waals surface area contributed by atoms with Gasteiger partial charge in [-0.25, -0.2) is 0 Å². The second-order valence-electron chi connectivity index (χ2n) is 4.06. The maximum Gasteiger partial charge on any atom is 0.0731 e. The number of benzene rings is 1. The molecule has 1 unspecified atom stereocenters. The van der Waals surface area contributed by atoms with Gasteiger partial charge in [-0.3, -0.25) is 4.68 Å². The maximum absolute atomic E-state index is 4.16. The lowest BCUT2D eigenvalue weighted by atomic mass is 10.0. The molecule has 0 amide bonds. The van der Waals surface area contributed by atoms with Crippen molar-refractivity contribution in [1.29, 1.82) is 0 Å². The smallest absolute Gasteiger partial charge is 0.0731 e. The van der Waals surface area contributed by atoms with Crippen molar-refractivity contribution in [2.45, 2.75) is 19.4 Å². The quantitative estimate of drug-likeness (QED) is 0.930. The Morgan fingerprint density at radius 1 is 1.35 bits per heavy atom. The molecule has 1 heterocycles. The zero-order valence-electron chi connectivity index (χ0n) is 10.0. The minimum Gasteiger partial charge on any atom is -0.376 e. The Morgan fingerprint density at radius 3 is 2.59 bits per heavy atom. The summed E-state index contributed by atoms with van der Waals surface area (Å²) in [6, 6.07) is 8.75. The Bertz CT molecular complexity index is 476. The lowest BCUT2D eigenvalue weighted by Crippen LogP contribution is -2.08. The fourth-order valence-electron chi connectivity index (χ4n) is 1.81. The van der Waals surface area contributed by atoms with Crippen molar-refractivity contribution in [3.63, 3.8) is 0 Å². The molecule has 1 atom stereocenters. The van der Waals surface area contributed by atoms with E-state index in [1.165, 1.54) is 5.56 Å². The van der Waals surface area contributed by atoms with Crippen LogP contribution < -0.4 is 5.32 Å². The first-order valence-corrected chi connectivity index (χ1v) is 6.49. The van der Waals surface area contributed by atoms with Gasteiger partial charge in [0, 0.05) is 17.7 Å². The van der Waals surface area contributed by atoms with E-state index in [2.05, 4.69) is 57.5 Å². The Balaban J connectivity index is 2.13. The Hall–Kier alpha value is -1.29. The summed E-state index contributed by atoms with van der Waals surface area (Å²) in [5, 5.41) is 7.65. The molecular formula is C13H16BrN3. The highest BCUT2D eigenvalue weighted by Gasteiger charge is 2.09. The van der Waals surface area contributed by atoms with Crippen LogP contribution >= 0.6 is 15.9 Å². The largest absolute Gasteiger partial charge is 0.376 e. The third-order valence-electron chi connectivity index (χ3n) is 2.73. The summed E-state index contributed by atoms with van der Waals surface area (Å²) in [6.07, 6.45) is 4.87. The molecule has 0 saturated carbocycles. The average Bonchev–Trinajstić information content (AvgIpc) is 2.73. The summed E-state index contributed by atoms with van der Waals surface area (Å²) in [4.78, 5) is 0. The highest BCUT2D eigenvalue weighted by Crippen LogP contribution is 2.23. The zero-order valence-corrected chi connectivity index (χ0v) is 11.6. The third kappa shape index (κ3) is 3.09. The molecular weight excluding hydrogens is 278 g/mol. The molecule has 2 aromatic rings. The van der Waals surface area contributed by atoms with Crippen LogP contribution in [0, 0.1) is 0 Å². The van der Waals surface area contributed by atoms with Crippen LogP contribution in [-0.4, -0.2) is 9.78 Å². The number of nitrogens with zero attached hydrogens (tertiary/aromatic N) is 2. The fraction of sp³-hybridized carbons (Fsp3) is 0.308. The van der Waals surface area contributed by atoms with Crippen LogP contribution in [0.3, 0.4) is 0 Å². The second-order valence-corrected chi connectivity index (χ2v) is 4.98. The van der Waals surface area contributed by atoms with Gasteiger partial charge < -0.3 is 5.32 Å². The second kappa shape index (κ2) is 5.36. The normalized spacial score (nSPS) is 12.4. The topological polar surface area (TPSA) is 29.9 Å². The van der Waals surface area contributed by atoms with Gasteiger partial charge in [0.25, 0.3) is 0 Å². The molecule has 1 aromatic heterocycles. The van der Waals surface area contributed by atoms with Crippen molar-refractivity contribution in [2.24, 2.45) is 7.05 Å². The number of aromatic nitrogens is 2. The monoisotopic (exact) mass is 293 g/mol. The van der Waals surface area contributed by atoms with Crippen LogP contribution in [0.1, 0.15) is 24.9 Å². The zero-order chi connectivity index (χ0) is 12.3. The molecule has 0 spiro atoms. The van der Waals surface area contributed by atoms with Crippen LogP contribution in [0.15, 0.2) is 41.1 Å². The molecule has 0 aliphatic heterocycles. The van der Waals surface area contributed by atoms with E-state index in [0.29, 0.717) is 6.04 Å². The highest BCUT2D eigenvalue weighted by atomic mass is 79.9. The molecule has 90 valence electrons.